The average Bonchev–Trinajstić information content (AvgIpc) is 3.96. The summed E-state index contributed by atoms with van der Waals surface area (Å²) in [6, 6.07) is 29.0. The minimum absolute atomic E-state index is 0.0174. The van der Waals surface area contributed by atoms with Crippen molar-refractivity contribution >= 4 is 34.7 Å². The molecule has 4 heterocycles. The van der Waals surface area contributed by atoms with Crippen LogP contribution in [-0.4, -0.2) is 18.8 Å². The van der Waals surface area contributed by atoms with Gasteiger partial charge in [-0.25, -0.2) is 0 Å². The lowest BCUT2D eigenvalue weighted by Gasteiger charge is -2.53. The second kappa shape index (κ2) is 16.2. The maximum absolute atomic E-state index is 7.85. The van der Waals surface area contributed by atoms with Crippen molar-refractivity contribution in [1.29, 1.82) is 0 Å². The van der Waals surface area contributed by atoms with Crippen LogP contribution < -0.4 is 20.2 Å². The minimum atomic E-state index is -0.0881. The lowest BCUT2D eigenvalue weighted by atomic mass is 9.32. The first-order valence-electron chi connectivity index (χ1n) is 29.9. The highest BCUT2D eigenvalue weighted by Crippen LogP contribution is 2.60. The highest BCUT2D eigenvalue weighted by Gasteiger charge is 2.56. The van der Waals surface area contributed by atoms with Crippen molar-refractivity contribution in [2.45, 2.75) is 207 Å². The summed E-state index contributed by atoms with van der Waals surface area (Å²) >= 11 is 0. The van der Waals surface area contributed by atoms with E-state index in [9.17, 15) is 0 Å². The number of hydrogen-bond acceptors (Lipinski definition) is 4. The van der Waals surface area contributed by atoms with Crippen molar-refractivity contribution in [2.24, 2.45) is 10.8 Å². The summed E-state index contributed by atoms with van der Waals surface area (Å²) in [5, 5.41) is 1.29. The van der Waals surface area contributed by atoms with Gasteiger partial charge in [-0.1, -0.05) is 163 Å². The van der Waals surface area contributed by atoms with Gasteiger partial charge in [-0.2, -0.15) is 0 Å². The zero-order valence-electron chi connectivity index (χ0n) is 49.2. The lowest BCUT2D eigenvalue weighted by molar-refractivity contribution is 0.255. The van der Waals surface area contributed by atoms with E-state index in [-0.39, 0.29) is 57.2 Å². The largest absolute Gasteiger partial charge is 0.468 e. The van der Waals surface area contributed by atoms with E-state index in [2.05, 4.69) is 211 Å². The van der Waals surface area contributed by atoms with Crippen molar-refractivity contribution in [3.05, 3.63) is 175 Å². The third kappa shape index (κ3) is 7.21. The maximum Gasteiger partial charge on any atom is 0.292 e. The first kappa shape index (κ1) is 49.6. The van der Waals surface area contributed by atoms with Crippen LogP contribution in [0.5, 0.6) is 5.75 Å². The van der Waals surface area contributed by atoms with Gasteiger partial charge in [0.2, 0.25) is 0 Å². The fourth-order valence-corrected chi connectivity index (χ4v) is 16.5. The highest BCUT2D eigenvalue weighted by molar-refractivity contribution is 6.88. The number of fused-ring (bicyclic) bond motifs is 10. The predicted octanol–water partition coefficient (Wildman–Crippen LogP) is 18.2. The van der Waals surface area contributed by atoms with Crippen LogP contribution in [0.4, 0.5) is 11.4 Å². The molecule has 0 saturated carbocycles. The summed E-state index contributed by atoms with van der Waals surface area (Å²) in [6.07, 6.45) is 20.2. The van der Waals surface area contributed by atoms with E-state index in [4.69, 9.17) is 9.15 Å². The van der Waals surface area contributed by atoms with Crippen LogP contribution in [0.25, 0.3) is 22.1 Å². The first-order chi connectivity index (χ1) is 36.3. The molecule has 0 spiro atoms. The summed E-state index contributed by atoms with van der Waals surface area (Å²) in [5.74, 6) is 2.61. The van der Waals surface area contributed by atoms with Crippen LogP contribution in [0.2, 0.25) is 0 Å². The van der Waals surface area contributed by atoms with Crippen LogP contribution in [0.15, 0.2) is 146 Å². The smallest absolute Gasteiger partial charge is 0.292 e. The van der Waals surface area contributed by atoms with Crippen LogP contribution in [0, 0.1) is 10.8 Å². The topological polar surface area (TPSA) is 28.9 Å². The molecule has 4 nitrogen and oxygen atoms in total. The van der Waals surface area contributed by atoms with E-state index >= 15 is 0 Å². The molecule has 0 radical (unpaired) electrons. The summed E-state index contributed by atoms with van der Waals surface area (Å²) in [7, 11) is 0. The van der Waals surface area contributed by atoms with Gasteiger partial charge in [-0.3, -0.25) is 0 Å². The Morgan fingerprint density at radius 1 is 0.649 bits per heavy atom. The van der Waals surface area contributed by atoms with E-state index in [1.165, 1.54) is 115 Å². The van der Waals surface area contributed by atoms with Crippen LogP contribution in [-0.2, 0) is 21.7 Å². The lowest BCUT2D eigenvalue weighted by Crippen LogP contribution is -2.60. The standard InChI is InChI=1S/C72H83BN2O2/c1-41(2)44-21-24-61-47(33-44)48-37-58-56(40-63(48)76-61)73-64-59(31-42(3)32-60(64)75(58)57-38-54-52(69(8,9)27-29-71(54,12)13)35-46(57)43-19-17-16-18-20-43)74(45-22-23-50-51(34-45)68(6,7)26-25-67(50,4)5)65-49-36-53-55(39-62(49)77-66(65)73)72(14,15)30-28-70(53,10)11/h16-24,32-33,35-36,38-41,45,48,59H,25-31,34,37H2,1-15H3. The van der Waals surface area contributed by atoms with Gasteiger partial charge in [0.1, 0.15) is 17.1 Å². The third-order valence-corrected chi connectivity index (χ3v) is 21.7. The number of allylic oxidation sites excluding steroid dienone is 7. The van der Waals surface area contributed by atoms with Gasteiger partial charge in [0.05, 0.1) is 29.0 Å². The van der Waals surface area contributed by atoms with Gasteiger partial charge in [0, 0.05) is 40.4 Å². The van der Waals surface area contributed by atoms with Gasteiger partial charge in [-0.05, 0) is 189 Å². The summed E-state index contributed by atoms with van der Waals surface area (Å²) in [5.41, 5.74) is 26.6. The summed E-state index contributed by atoms with van der Waals surface area (Å²) in [4.78, 5) is 5.75. The molecule has 6 aliphatic carbocycles. The fourth-order valence-electron chi connectivity index (χ4n) is 16.5. The minimum Gasteiger partial charge on any atom is -0.468 e. The number of anilines is 2. The molecule has 0 amide bonds. The molecule has 9 aliphatic rings. The SMILES string of the molecule is CC1=CC2=C3B(C4=C(CC5C(=C4)Oc4ccc(C(C)C)cc45)N2c2cc4c(cc2-c2ccccc2)C(C)(C)CCC4(C)C)c2oc4cc5c(cc4c2N(C2C=CC4=C(C2)C(C)(C)CCC4(C)C)C3C1)C(C)(C)CCC5(C)C. The van der Waals surface area contributed by atoms with E-state index in [1.54, 1.807) is 11.1 Å². The van der Waals surface area contributed by atoms with Gasteiger partial charge in [-0.15, -0.1) is 0 Å². The van der Waals surface area contributed by atoms with Crippen LogP contribution in [0.1, 0.15) is 207 Å². The van der Waals surface area contributed by atoms with Crippen molar-refractivity contribution in [1.82, 2.24) is 0 Å². The van der Waals surface area contributed by atoms with Gasteiger partial charge in [0.15, 0.2) is 0 Å². The molecular weight excluding hydrogens is 936 g/mol. The number of rotatable bonds is 4. The molecule has 0 saturated heterocycles. The van der Waals surface area contributed by atoms with Gasteiger partial charge in [0.25, 0.3) is 6.71 Å². The van der Waals surface area contributed by atoms with Crippen LogP contribution in [0.3, 0.4) is 0 Å². The van der Waals surface area contributed by atoms with Crippen molar-refractivity contribution in [3.8, 4) is 16.9 Å². The molecule has 1 aromatic heterocycles. The van der Waals surface area contributed by atoms with Gasteiger partial charge < -0.3 is 19.0 Å². The Hall–Kier alpha value is -5.68. The number of ether oxygens (including phenoxy) is 1. The molecule has 0 bridgehead atoms. The average molecular weight is 1020 g/mol. The normalized spacial score (nSPS) is 26.2. The Balaban J connectivity index is 1.08. The number of furan rings is 1. The fraction of sp³-hybridized carbons (Fsp3) is 0.472. The summed E-state index contributed by atoms with van der Waals surface area (Å²) in [6.45, 7) is 36.8. The van der Waals surface area contributed by atoms with Crippen molar-refractivity contribution in [3.63, 3.8) is 0 Å². The monoisotopic (exact) mass is 1020 g/mol. The van der Waals surface area contributed by atoms with E-state index in [0.29, 0.717) is 5.92 Å². The molecule has 0 N–H and O–H groups in total. The molecule has 77 heavy (non-hydrogen) atoms. The van der Waals surface area contributed by atoms with Gasteiger partial charge >= 0.3 is 0 Å². The Morgan fingerprint density at radius 3 is 1.97 bits per heavy atom. The zero-order valence-corrected chi connectivity index (χ0v) is 49.2. The Labute approximate surface area is 461 Å². The molecule has 5 heteroatoms. The highest BCUT2D eigenvalue weighted by atomic mass is 16.5. The molecule has 396 valence electrons. The molecule has 3 unspecified atom stereocenters. The van der Waals surface area contributed by atoms with Crippen molar-refractivity contribution in [2.75, 3.05) is 9.80 Å². The number of benzene rings is 4. The summed E-state index contributed by atoms with van der Waals surface area (Å²) < 4.78 is 15.0. The third-order valence-electron chi connectivity index (χ3n) is 21.7. The molecule has 14 rings (SSSR count). The number of hydrogen-bond donors (Lipinski definition) is 0. The predicted molar refractivity (Wildman–Crippen MR) is 323 cm³/mol. The van der Waals surface area contributed by atoms with E-state index < -0.39 is 0 Å². The maximum atomic E-state index is 7.85. The molecule has 5 aromatic rings. The number of nitrogens with zero attached hydrogens (tertiary/aromatic N) is 2. The molecule has 3 aliphatic heterocycles. The Kier molecular flexibility index (Phi) is 10.5. The van der Waals surface area contributed by atoms with Crippen LogP contribution >= 0.6 is 0 Å². The molecule has 3 atom stereocenters. The van der Waals surface area contributed by atoms with E-state index in [0.717, 1.165) is 54.9 Å². The second-order valence-corrected chi connectivity index (χ2v) is 29.8. The second-order valence-electron chi connectivity index (χ2n) is 29.8. The Bertz CT molecular complexity index is 3610. The van der Waals surface area contributed by atoms with E-state index in [1.807, 2.05) is 0 Å². The Morgan fingerprint density at radius 2 is 1.29 bits per heavy atom. The molecule has 4 aromatic carbocycles. The first-order valence-corrected chi connectivity index (χ1v) is 29.9. The quantitative estimate of drug-likeness (QED) is 0.168. The molecule has 0 fully saturated rings. The molecular formula is C72H83BN2O2. The zero-order chi connectivity index (χ0) is 53.8. The van der Waals surface area contributed by atoms with Crippen molar-refractivity contribution < 1.29 is 9.15 Å².